The van der Waals surface area contributed by atoms with Gasteiger partial charge in [0.15, 0.2) is 0 Å². The van der Waals surface area contributed by atoms with Crippen molar-refractivity contribution in [2.45, 2.75) is 32.1 Å². The highest BCUT2D eigenvalue weighted by Crippen LogP contribution is 2.35. The Kier molecular flexibility index (Phi) is 3.62. The molecule has 1 saturated heterocycles. The number of hydrogen-bond donors (Lipinski definition) is 1. The average Bonchev–Trinajstić information content (AvgIpc) is 2.79. The van der Waals surface area contributed by atoms with Gasteiger partial charge in [-0.15, -0.1) is 0 Å². The normalized spacial score (nSPS) is 21.7. The second-order valence-electron chi connectivity index (χ2n) is 6.28. The highest BCUT2D eigenvalue weighted by Gasteiger charge is 2.37. The molecule has 2 rings (SSSR count). The van der Waals surface area contributed by atoms with Crippen LogP contribution in [0, 0.1) is 11.3 Å². The SMILES string of the molecule is CC(C)(C)C1CCN(S(=O)(=O)c2ccc(N)cc2)C1. The summed E-state index contributed by atoms with van der Waals surface area (Å²) in [6, 6.07) is 6.42. The fraction of sp³-hybridized carbons (Fsp3) is 0.571. The van der Waals surface area contributed by atoms with E-state index in [1.807, 2.05) is 0 Å². The molecule has 0 amide bonds. The zero-order valence-electron chi connectivity index (χ0n) is 11.8. The van der Waals surface area contributed by atoms with Crippen molar-refractivity contribution >= 4 is 15.7 Å². The van der Waals surface area contributed by atoms with E-state index in [-0.39, 0.29) is 5.41 Å². The van der Waals surface area contributed by atoms with Gasteiger partial charge in [0, 0.05) is 18.8 Å². The number of nitrogen functional groups attached to an aromatic ring is 1. The standard InChI is InChI=1S/C14H22N2O2S/c1-14(2,3)11-8-9-16(10-11)19(17,18)13-6-4-12(15)5-7-13/h4-7,11H,8-10,15H2,1-3H3. The minimum atomic E-state index is -3.37. The molecule has 1 aromatic rings. The van der Waals surface area contributed by atoms with Crippen LogP contribution in [0.5, 0.6) is 0 Å². The molecule has 0 bridgehead atoms. The quantitative estimate of drug-likeness (QED) is 0.847. The second-order valence-corrected chi connectivity index (χ2v) is 8.22. The third kappa shape index (κ3) is 2.92. The highest BCUT2D eigenvalue weighted by atomic mass is 32.2. The van der Waals surface area contributed by atoms with Gasteiger partial charge in [0.05, 0.1) is 4.90 Å². The summed E-state index contributed by atoms with van der Waals surface area (Å²) in [4.78, 5) is 0.330. The number of nitrogens with two attached hydrogens (primary N) is 1. The van der Waals surface area contributed by atoms with Gasteiger partial charge < -0.3 is 5.73 Å². The zero-order chi connectivity index (χ0) is 14.3. The molecule has 1 aliphatic rings. The summed E-state index contributed by atoms with van der Waals surface area (Å²) < 4.78 is 26.6. The van der Waals surface area contributed by atoms with Gasteiger partial charge in [0.2, 0.25) is 10.0 Å². The van der Waals surface area contributed by atoms with Crippen LogP contribution in [-0.4, -0.2) is 25.8 Å². The number of rotatable bonds is 2. The van der Waals surface area contributed by atoms with E-state index >= 15 is 0 Å². The lowest BCUT2D eigenvalue weighted by molar-refractivity contribution is 0.252. The van der Waals surface area contributed by atoms with Crippen molar-refractivity contribution in [2.24, 2.45) is 11.3 Å². The van der Waals surface area contributed by atoms with Crippen molar-refractivity contribution in [1.82, 2.24) is 4.31 Å². The molecular weight excluding hydrogens is 260 g/mol. The maximum Gasteiger partial charge on any atom is 0.243 e. The van der Waals surface area contributed by atoms with Crippen LogP contribution in [0.25, 0.3) is 0 Å². The Morgan fingerprint density at radius 3 is 2.26 bits per heavy atom. The van der Waals surface area contributed by atoms with Gasteiger partial charge >= 0.3 is 0 Å². The predicted molar refractivity (Wildman–Crippen MR) is 77.2 cm³/mol. The molecule has 1 aromatic carbocycles. The van der Waals surface area contributed by atoms with E-state index < -0.39 is 10.0 Å². The van der Waals surface area contributed by atoms with Crippen LogP contribution >= 0.6 is 0 Å². The molecule has 4 nitrogen and oxygen atoms in total. The summed E-state index contributed by atoms with van der Waals surface area (Å²) in [5.41, 5.74) is 6.32. The lowest BCUT2D eigenvalue weighted by Crippen LogP contribution is -2.31. The fourth-order valence-corrected chi connectivity index (χ4v) is 3.94. The molecule has 0 radical (unpaired) electrons. The van der Waals surface area contributed by atoms with Crippen LogP contribution in [0.4, 0.5) is 5.69 Å². The Bertz CT molecular complexity index is 544. The summed E-state index contributed by atoms with van der Waals surface area (Å²) in [7, 11) is -3.37. The molecule has 1 unspecified atom stereocenters. The van der Waals surface area contributed by atoms with Crippen LogP contribution in [0.3, 0.4) is 0 Å². The van der Waals surface area contributed by atoms with Crippen molar-refractivity contribution in [3.05, 3.63) is 24.3 Å². The van der Waals surface area contributed by atoms with Gasteiger partial charge in [-0.3, -0.25) is 0 Å². The van der Waals surface area contributed by atoms with E-state index in [1.54, 1.807) is 28.6 Å². The van der Waals surface area contributed by atoms with Gasteiger partial charge in [0.1, 0.15) is 0 Å². The lowest BCUT2D eigenvalue weighted by atomic mass is 9.80. The number of sulfonamides is 1. The van der Waals surface area contributed by atoms with Crippen LogP contribution < -0.4 is 5.73 Å². The van der Waals surface area contributed by atoms with Crippen LogP contribution in [0.15, 0.2) is 29.2 Å². The Morgan fingerprint density at radius 1 is 1.21 bits per heavy atom. The van der Waals surface area contributed by atoms with Crippen molar-refractivity contribution in [3.8, 4) is 0 Å². The van der Waals surface area contributed by atoms with E-state index in [2.05, 4.69) is 20.8 Å². The summed E-state index contributed by atoms with van der Waals surface area (Å²) in [5, 5.41) is 0. The first-order valence-electron chi connectivity index (χ1n) is 6.57. The fourth-order valence-electron chi connectivity index (χ4n) is 2.44. The largest absolute Gasteiger partial charge is 0.399 e. The Balaban J connectivity index is 2.21. The van der Waals surface area contributed by atoms with Crippen LogP contribution in [0.1, 0.15) is 27.2 Å². The molecule has 0 saturated carbocycles. The molecule has 5 heteroatoms. The average molecular weight is 282 g/mol. The van der Waals surface area contributed by atoms with E-state index in [0.717, 1.165) is 6.42 Å². The Morgan fingerprint density at radius 2 is 1.79 bits per heavy atom. The number of nitrogens with zero attached hydrogens (tertiary/aromatic N) is 1. The predicted octanol–water partition coefficient (Wildman–Crippen LogP) is 2.33. The van der Waals surface area contributed by atoms with Crippen LogP contribution in [-0.2, 0) is 10.0 Å². The minimum Gasteiger partial charge on any atom is -0.399 e. The first-order valence-corrected chi connectivity index (χ1v) is 8.01. The number of anilines is 1. The van der Waals surface area contributed by atoms with Crippen LogP contribution in [0.2, 0.25) is 0 Å². The third-order valence-corrected chi connectivity index (χ3v) is 5.77. The molecule has 19 heavy (non-hydrogen) atoms. The molecule has 0 aromatic heterocycles. The summed E-state index contributed by atoms with van der Waals surface area (Å²) >= 11 is 0. The summed E-state index contributed by atoms with van der Waals surface area (Å²) in [5.74, 6) is 0.413. The lowest BCUT2D eigenvalue weighted by Gasteiger charge is -2.26. The second kappa shape index (κ2) is 4.80. The molecular formula is C14H22N2O2S. The molecule has 1 atom stereocenters. The van der Waals surface area contributed by atoms with E-state index in [9.17, 15) is 8.42 Å². The minimum absolute atomic E-state index is 0.144. The van der Waals surface area contributed by atoms with Crippen molar-refractivity contribution in [2.75, 3.05) is 18.8 Å². The molecule has 0 aliphatic carbocycles. The summed E-state index contributed by atoms with van der Waals surface area (Å²) in [6.45, 7) is 7.70. The van der Waals surface area contributed by atoms with Gasteiger partial charge in [0.25, 0.3) is 0 Å². The molecule has 1 aliphatic heterocycles. The highest BCUT2D eigenvalue weighted by molar-refractivity contribution is 7.89. The number of hydrogen-bond acceptors (Lipinski definition) is 3. The molecule has 2 N–H and O–H groups in total. The molecule has 106 valence electrons. The first kappa shape index (κ1) is 14.3. The zero-order valence-corrected chi connectivity index (χ0v) is 12.6. The monoisotopic (exact) mass is 282 g/mol. The van der Waals surface area contributed by atoms with E-state index in [0.29, 0.717) is 29.6 Å². The maximum absolute atomic E-state index is 12.5. The molecule has 1 heterocycles. The number of benzene rings is 1. The van der Waals surface area contributed by atoms with Gasteiger partial charge in [-0.05, 0) is 42.0 Å². The topological polar surface area (TPSA) is 63.4 Å². The molecule has 1 fully saturated rings. The van der Waals surface area contributed by atoms with Gasteiger partial charge in [-0.1, -0.05) is 20.8 Å². The summed E-state index contributed by atoms with van der Waals surface area (Å²) in [6.07, 6.45) is 0.928. The van der Waals surface area contributed by atoms with Gasteiger partial charge in [-0.25, -0.2) is 8.42 Å². The van der Waals surface area contributed by atoms with Gasteiger partial charge in [-0.2, -0.15) is 4.31 Å². The van der Waals surface area contributed by atoms with Crippen molar-refractivity contribution in [3.63, 3.8) is 0 Å². The Labute approximate surface area is 115 Å². The van der Waals surface area contributed by atoms with Crippen molar-refractivity contribution in [1.29, 1.82) is 0 Å². The van der Waals surface area contributed by atoms with E-state index in [1.165, 1.54) is 0 Å². The third-order valence-electron chi connectivity index (χ3n) is 3.89. The maximum atomic E-state index is 12.5. The van der Waals surface area contributed by atoms with Crippen molar-refractivity contribution < 1.29 is 8.42 Å². The first-order chi connectivity index (χ1) is 8.71. The smallest absolute Gasteiger partial charge is 0.243 e. The van der Waals surface area contributed by atoms with E-state index in [4.69, 9.17) is 5.73 Å². The molecule has 0 spiro atoms. The Hall–Kier alpha value is -1.07.